The second-order valence-corrected chi connectivity index (χ2v) is 7.82. The van der Waals surface area contributed by atoms with E-state index in [1.807, 2.05) is 60.8 Å². The van der Waals surface area contributed by atoms with Gasteiger partial charge in [0.2, 0.25) is 0 Å². The highest BCUT2D eigenvalue weighted by molar-refractivity contribution is 5.86. The fourth-order valence-corrected chi connectivity index (χ4v) is 3.79. The molecule has 0 amide bonds. The number of hydrogen-bond donors (Lipinski definition) is 2. The van der Waals surface area contributed by atoms with Crippen molar-refractivity contribution in [1.82, 2.24) is 14.4 Å². The second-order valence-electron chi connectivity index (χ2n) is 7.82. The lowest BCUT2D eigenvalue weighted by molar-refractivity contribution is 0.627. The van der Waals surface area contributed by atoms with Crippen LogP contribution in [0.25, 0.3) is 27.8 Å². The van der Waals surface area contributed by atoms with E-state index in [0.29, 0.717) is 17.8 Å². The number of nitrogens with one attached hydrogen (secondary N) is 2. The molecule has 6 heteroatoms. The fourth-order valence-electron chi connectivity index (χ4n) is 3.79. The Labute approximate surface area is 178 Å². The van der Waals surface area contributed by atoms with Crippen LogP contribution in [0.2, 0.25) is 0 Å². The van der Waals surface area contributed by atoms with E-state index in [9.17, 15) is 9.18 Å². The second kappa shape index (κ2) is 7.40. The molecular formula is C25H21FN4O. The summed E-state index contributed by atoms with van der Waals surface area (Å²) in [5, 5.41) is 4.35. The van der Waals surface area contributed by atoms with Crippen molar-refractivity contribution in [3.63, 3.8) is 0 Å². The van der Waals surface area contributed by atoms with Crippen molar-refractivity contribution >= 4 is 22.4 Å². The largest absolute Gasteiger partial charge is 0.365 e. The fraction of sp³-hybridized carbons (Fsp3) is 0.120. The number of imidazole rings is 1. The Morgan fingerprint density at radius 3 is 2.58 bits per heavy atom. The number of H-pyrrole nitrogens is 1. The molecule has 0 atom stereocenters. The molecular weight excluding hydrogens is 391 g/mol. The van der Waals surface area contributed by atoms with Crippen molar-refractivity contribution < 1.29 is 4.39 Å². The number of hydrogen-bond acceptors (Lipinski definition) is 3. The van der Waals surface area contributed by atoms with Gasteiger partial charge < -0.3 is 10.3 Å². The zero-order valence-corrected chi connectivity index (χ0v) is 17.2. The molecule has 0 aliphatic carbocycles. The number of anilines is 1. The van der Waals surface area contributed by atoms with Crippen molar-refractivity contribution in [3.05, 3.63) is 99.7 Å². The predicted octanol–water partition coefficient (Wildman–Crippen LogP) is 5.21. The normalized spacial score (nSPS) is 11.3. The lowest BCUT2D eigenvalue weighted by Gasteiger charge is -2.10. The Morgan fingerprint density at radius 1 is 1.00 bits per heavy atom. The van der Waals surface area contributed by atoms with Crippen molar-refractivity contribution in [2.24, 2.45) is 0 Å². The van der Waals surface area contributed by atoms with Gasteiger partial charge in [0, 0.05) is 18.3 Å². The summed E-state index contributed by atoms with van der Waals surface area (Å²) >= 11 is 0. The molecule has 0 saturated carbocycles. The molecule has 0 saturated heterocycles. The summed E-state index contributed by atoms with van der Waals surface area (Å²) in [6, 6.07) is 18.1. The maximum Gasteiger partial charge on any atom is 0.258 e. The Bertz CT molecular complexity index is 1480. The molecule has 3 aromatic heterocycles. The Balaban J connectivity index is 1.66. The number of nitrogens with zero attached hydrogens (tertiary/aromatic N) is 2. The molecule has 0 unspecified atom stereocenters. The molecule has 2 N–H and O–H groups in total. The summed E-state index contributed by atoms with van der Waals surface area (Å²) in [5.74, 6) is 0.449. The quantitative estimate of drug-likeness (QED) is 0.426. The molecule has 0 spiro atoms. The molecule has 0 bridgehead atoms. The molecule has 0 aliphatic rings. The van der Waals surface area contributed by atoms with Crippen LogP contribution in [0.3, 0.4) is 0 Å². The minimum atomic E-state index is -0.271. The van der Waals surface area contributed by atoms with Crippen LogP contribution in [0.5, 0.6) is 0 Å². The Hall–Kier alpha value is -3.93. The highest BCUT2D eigenvalue weighted by atomic mass is 19.1. The number of aryl methyl sites for hydroxylation is 2. The molecule has 0 aliphatic heterocycles. The maximum atomic E-state index is 13.3. The van der Waals surface area contributed by atoms with Gasteiger partial charge in [0.1, 0.15) is 23.0 Å². The molecule has 0 radical (unpaired) electrons. The minimum Gasteiger partial charge on any atom is -0.365 e. The first-order valence-electron chi connectivity index (χ1n) is 10.1. The summed E-state index contributed by atoms with van der Waals surface area (Å²) in [5.41, 5.74) is 5.56. The van der Waals surface area contributed by atoms with Crippen LogP contribution in [-0.4, -0.2) is 14.4 Å². The summed E-state index contributed by atoms with van der Waals surface area (Å²) in [6.45, 7) is 4.50. The number of halogens is 1. The molecule has 5 aromatic rings. The van der Waals surface area contributed by atoms with E-state index >= 15 is 0 Å². The van der Waals surface area contributed by atoms with Gasteiger partial charge in [-0.15, -0.1) is 0 Å². The van der Waals surface area contributed by atoms with Gasteiger partial charge in [0.05, 0.1) is 5.56 Å². The minimum absolute atomic E-state index is 0.193. The lowest BCUT2D eigenvalue weighted by Crippen LogP contribution is -2.11. The number of fused-ring (bicyclic) bond motifs is 2. The third kappa shape index (κ3) is 3.57. The van der Waals surface area contributed by atoms with E-state index in [1.54, 1.807) is 12.1 Å². The first-order valence-corrected chi connectivity index (χ1v) is 10.1. The smallest absolute Gasteiger partial charge is 0.258 e. The topological polar surface area (TPSA) is 62.2 Å². The van der Waals surface area contributed by atoms with Crippen molar-refractivity contribution in [3.8, 4) is 11.3 Å². The first-order chi connectivity index (χ1) is 15.0. The average molecular weight is 412 g/mol. The van der Waals surface area contributed by atoms with E-state index in [4.69, 9.17) is 4.98 Å². The highest BCUT2D eigenvalue weighted by Crippen LogP contribution is 2.29. The average Bonchev–Trinajstić information content (AvgIpc) is 3.10. The van der Waals surface area contributed by atoms with Gasteiger partial charge in [-0.2, -0.15) is 0 Å². The number of aromatic nitrogens is 3. The van der Waals surface area contributed by atoms with Crippen LogP contribution in [0.1, 0.15) is 16.7 Å². The molecule has 5 nitrogen and oxygen atoms in total. The van der Waals surface area contributed by atoms with Gasteiger partial charge in [0.25, 0.3) is 5.56 Å². The van der Waals surface area contributed by atoms with Crippen molar-refractivity contribution in [1.29, 1.82) is 0 Å². The molecule has 154 valence electrons. The third-order valence-corrected chi connectivity index (χ3v) is 5.41. The van der Waals surface area contributed by atoms with Crippen LogP contribution >= 0.6 is 0 Å². The van der Waals surface area contributed by atoms with Gasteiger partial charge in [-0.05, 0) is 72.8 Å². The van der Waals surface area contributed by atoms with E-state index in [2.05, 4.69) is 10.3 Å². The Morgan fingerprint density at radius 2 is 1.77 bits per heavy atom. The molecule has 0 fully saturated rings. The zero-order chi connectivity index (χ0) is 21.5. The molecule has 5 rings (SSSR count). The number of aromatic amines is 1. The van der Waals surface area contributed by atoms with E-state index in [-0.39, 0.29) is 11.4 Å². The number of rotatable bonds is 4. The van der Waals surface area contributed by atoms with Gasteiger partial charge in [-0.1, -0.05) is 23.8 Å². The van der Waals surface area contributed by atoms with Gasteiger partial charge in [0.15, 0.2) is 0 Å². The summed E-state index contributed by atoms with van der Waals surface area (Å²) in [6.07, 6.45) is 1.94. The zero-order valence-electron chi connectivity index (χ0n) is 17.2. The Kier molecular flexibility index (Phi) is 4.55. The lowest BCUT2D eigenvalue weighted by atomic mass is 10.1. The summed E-state index contributed by atoms with van der Waals surface area (Å²) in [7, 11) is 0. The van der Waals surface area contributed by atoms with Crippen LogP contribution < -0.4 is 10.9 Å². The first kappa shape index (κ1) is 19.1. The monoisotopic (exact) mass is 412 g/mol. The molecule has 2 aromatic carbocycles. The standard InChI is InChI=1S/C25H21FN4O/c1-15-3-8-21-18(11-15)13-20(25(31)28-21)23-24(27-14-17-4-6-19(26)7-5-17)30-10-9-16(2)12-22(30)29-23/h3-13,27H,14H2,1-2H3,(H,28,31). The van der Waals surface area contributed by atoms with E-state index in [0.717, 1.165) is 39.1 Å². The number of benzene rings is 2. The van der Waals surface area contributed by atoms with Crippen LogP contribution in [0, 0.1) is 19.7 Å². The van der Waals surface area contributed by atoms with E-state index < -0.39 is 0 Å². The van der Waals surface area contributed by atoms with E-state index in [1.165, 1.54) is 12.1 Å². The summed E-state index contributed by atoms with van der Waals surface area (Å²) < 4.78 is 15.2. The molecule has 3 heterocycles. The van der Waals surface area contributed by atoms with Crippen LogP contribution in [0.15, 0.2) is 71.7 Å². The SMILES string of the molecule is Cc1ccc2[nH]c(=O)c(-c3nc4cc(C)ccn4c3NCc3ccc(F)cc3)cc2c1. The molecule has 31 heavy (non-hydrogen) atoms. The van der Waals surface area contributed by atoms with Crippen LogP contribution in [-0.2, 0) is 6.54 Å². The van der Waals surface area contributed by atoms with Gasteiger partial charge in [-0.25, -0.2) is 9.37 Å². The summed E-state index contributed by atoms with van der Waals surface area (Å²) in [4.78, 5) is 20.7. The van der Waals surface area contributed by atoms with Gasteiger partial charge in [-0.3, -0.25) is 9.20 Å². The maximum absolute atomic E-state index is 13.3. The van der Waals surface area contributed by atoms with Crippen molar-refractivity contribution in [2.45, 2.75) is 20.4 Å². The van der Waals surface area contributed by atoms with Crippen LogP contribution in [0.4, 0.5) is 10.2 Å². The predicted molar refractivity (Wildman–Crippen MR) is 122 cm³/mol. The number of pyridine rings is 2. The highest BCUT2D eigenvalue weighted by Gasteiger charge is 2.18. The van der Waals surface area contributed by atoms with Gasteiger partial charge >= 0.3 is 0 Å². The van der Waals surface area contributed by atoms with Crippen molar-refractivity contribution in [2.75, 3.05) is 5.32 Å². The third-order valence-electron chi connectivity index (χ3n) is 5.41.